The third kappa shape index (κ3) is 8.18. The molecule has 198 valence electrons. The fourth-order valence-electron chi connectivity index (χ4n) is 7.00. The molecule has 2 bridgehead atoms. The van der Waals surface area contributed by atoms with E-state index in [1.54, 1.807) is 0 Å². The molecule has 4 unspecified atom stereocenters. The molecule has 3 aliphatic rings. The van der Waals surface area contributed by atoms with E-state index >= 15 is 0 Å². The standard InChI is InChI=1S/C30H49NO4/c1-22-15-24-17-23(2)34-35-30(19-25(16-22)18-24)12-5-7-27(20-30)26-8-10-28(11-9-26)33-14-6-13-31-21-29(3,4)32/h8-11,22-25,27,31-32H,5-7,12-21H2,1-4H3/t22?,23?,24?,25?,27-,30+/m1/s1. The normalized spacial score (nSPS) is 34.1. The van der Waals surface area contributed by atoms with Crippen LogP contribution in [-0.2, 0) is 9.78 Å². The van der Waals surface area contributed by atoms with E-state index in [0.717, 1.165) is 62.2 Å². The quantitative estimate of drug-likeness (QED) is 0.328. The van der Waals surface area contributed by atoms with E-state index in [-0.39, 0.29) is 11.7 Å². The SMILES string of the molecule is CC1CC2CC(C1)C[C@]1(CCC[C@@H](c3ccc(OCCCNCC(C)(C)O)cc3)C1)OOC(C)C2. The van der Waals surface area contributed by atoms with Crippen LogP contribution in [0.5, 0.6) is 5.75 Å². The van der Waals surface area contributed by atoms with Crippen LogP contribution < -0.4 is 10.1 Å². The molecule has 6 atom stereocenters. The van der Waals surface area contributed by atoms with Crippen LogP contribution in [0, 0.1) is 17.8 Å². The largest absolute Gasteiger partial charge is 0.494 e. The molecule has 2 N–H and O–H groups in total. The minimum absolute atomic E-state index is 0.140. The summed E-state index contributed by atoms with van der Waals surface area (Å²) in [5.41, 5.74) is 0.588. The van der Waals surface area contributed by atoms with Gasteiger partial charge in [-0.2, -0.15) is 0 Å². The fourth-order valence-corrected chi connectivity index (χ4v) is 7.00. The molecule has 0 aromatic heterocycles. The van der Waals surface area contributed by atoms with Crippen molar-refractivity contribution in [2.24, 2.45) is 17.8 Å². The number of aliphatic hydroxyl groups is 1. The topological polar surface area (TPSA) is 60.0 Å². The van der Waals surface area contributed by atoms with Gasteiger partial charge in [-0.25, -0.2) is 9.78 Å². The van der Waals surface area contributed by atoms with Gasteiger partial charge in [-0.1, -0.05) is 19.1 Å². The number of hydrogen-bond acceptors (Lipinski definition) is 5. The lowest BCUT2D eigenvalue weighted by Gasteiger charge is -2.43. The molecule has 0 amide bonds. The van der Waals surface area contributed by atoms with Gasteiger partial charge in [0.05, 0.1) is 18.3 Å². The highest BCUT2D eigenvalue weighted by Gasteiger charge is 2.44. The lowest BCUT2D eigenvalue weighted by Crippen LogP contribution is -2.40. The van der Waals surface area contributed by atoms with Crippen molar-refractivity contribution in [3.05, 3.63) is 29.8 Å². The molecule has 2 aliphatic carbocycles. The van der Waals surface area contributed by atoms with Gasteiger partial charge in [0, 0.05) is 6.54 Å². The summed E-state index contributed by atoms with van der Waals surface area (Å²) < 4.78 is 5.95. The van der Waals surface area contributed by atoms with Gasteiger partial charge < -0.3 is 15.2 Å². The number of nitrogens with one attached hydrogen (secondary N) is 1. The van der Waals surface area contributed by atoms with Crippen molar-refractivity contribution >= 4 is 0 Å². The molecule has 1 aromatic rings. The number of rotatable bonds is 8. The van der Waals surface area contributed by atoms with Gasteiger partial charge in [0.25, 0.3) is 0 Å². The Morgan fingerprint density at radius 3 is 2.60 bits per heavy atom. The molecule has 4 rings (SSSR count). The zero-order valence-corrected chi connectivity index (χ0v) is 22.6. The maximum absolute atomic E-state index is 9.76. The molecule has 1 aromatic carbocycles. The zero-order valence-electron chi connectivity index (χ0n) is 22.6. The third-order valence-corrected chi connectivity index (χ3v) is 8.33. The fraction of sp³-hybridized carbons (Fsp3) is 0.800. The molecule has 1 saturated heterocycles. The Morgan fingerprint density at radius 2 is 1.83 bits per heavy atom. The molecule has 5 nitrogen and oxygen atoms in total. The van der Waals surface area contributed by atoms with E-state index < -0.39 is 5.60 Å². The number of hydrogen-bond donors (Lipinski definition) is 2. The van der Waals surface area contributed by atoms with Crippen molar-refractivity contribution in [3.63, 3.8) is 0 Å². The van der Waals surface area contributed by atoms with Crippen molar-refractivity contribution in [1.82, 2.24) is 5.32 Å². The molecule has 3 fully saturated rings. The molecular weight excluding hydrogens is 438 g/mol. The third-order valence-electron chi connectivity index (χ3n) is 8.33. The molecule has 1 spiro atoms. The number of fused-ring (bicyclic) bond motifs is 2. The number of ether oxygens (including phenoxy) is 1. The van der Waals surface area contributed by atoms with Crippen molar-refractivity contribution in [1.29, 1.82) is 0 Å². The maximum Gasteiger partial charge on any atom is 0.119 e. The van der Waals surface area contributed by atoms with Crippen LogP contribution in [0.15, 0.2) is 24.3 Å². The van der Waals surface area contributed by atoms with E-state index in [4.69, 9.17) is 14.5 Å². The second kappa shape index (κ2) is 11.9. The summed E-state index contributed by atoms with van der Waals surface area (Å²) in [6, 6.07) is 8.75. The van der Waals surface area contributed by atoms with Gasteiger partial charge in [0.1, 0.15) is 11.4 Å². The Balaban J connectivity index is 1.31. The van der Waals surface area contributed by atoms with Crippen LogP contribution in [0.25, 0.3) is 0 Å². The Bertz CT molecular complexity index is 776. The van der Waals surface area contributed by atoms with Gasteiger partial charge in [0.15, 0.2) is 0 Å². The first-order valence-corrected chi connectivity index (χ1v) is 14.2. The van der Waals surface area contributed by atoms with Crippen molar-refractivity contribution in [2.75, 3.05) is 19.7 Å². The van der Waals surface area contributed by atoms with Crippen LogP contribution in [0.4, 0.5) is 0 Å². The smallest absolute Gasteiger partial charge is 0.119 e. The molecule has 5 heteroatoms. The summed E-state index contributed by atoms with van der Waals surface area (Å²) in [6.07, 6.45) is 12.0. The Kier molecular flexibility index (Phi) is 9.18. The van der Waals surface area contributed by atoms with Gasteiger partial charge >= 0.3 is 0 Å². The van der Waals surface area contributed by atoms with Gasteiger partial charge in [0.2, 0.25) is 0 Å². The lowest BCUT2D eigenvalue weighted by atomic mass is 9.66. The van der Waals surface area contributed by atoms with E-state index in [1.807, 2.05) is 13.8 Å². The van der Waals surface area contributed by atoms with Crippen molar-refractivity contribution in [3.8, 4) is 5.75 Å². The predicted octanol–water partition coefficient (Wildman–Crippen LogP) is 6.40. The zero-order chi connectivity index (χ0) is 24.9. The Morgan fingerprint density at radius 1 is 1.06 bits per heavy atom. The summed E-state index contributed by atoms with van der Waals surface area (Å²) in [6.45, 7) is 10.4. The highest BCUT2D eigenvalue weighted by molar-refractivity contribution is 5.30. The number of benzene rings is 1. The second-order valence-corrected chi connectivity index (χ2v) is 12.7. The summed E-state index contributed by atoms with van der Waals surface area (Å²) >= 11 is 0. The summed E-state index contributed by atoms with van der Waals surface area (Å²) in [5.74, 6) is 3.83. The molecule has 0 radical (unpaired) electrons. The summed E-state index contributed by atoms with van der Waals surface area (Å²) in [5, 5.41) is 13.0. The lowest BCUT2D eigenvalue weighted by molar-refractivity contribution is -0.390. The van der Waals surface area contributed by atoms with Crippen LogP contribution >= 0.6 is 0 Å². The van der Waals surface area contributed by atoms with Crippen molar-refractivity contribution in [2.45, 2.75) is 115 Å². The average molecular weight is 488 g/mol. The van der Waals surface area contributed by atoms with Crippen LogP contribution in [-0.4, -0.2) is 42.1 Å². The van der Waals surface area contributed by atoms with Crippen LogP contribution in [0.3, 0.4) is 0 Å². The van der Waals surface area contributed by atoms with E-state index in [0.29, 0.717) is 19.1 Å². The highest BCUT2D eigenvalue weighted by Crippen LogP contribution is 2.49. The second-order valence-electron chi connectivity index (χ2n) is 12.7. The molecule has 1 heterocycles. The summed E-state index contributed by atoms with van der Waals surface area (Å²) in [7, 11) is 0. The minimum atomic E-state index is -0.670. The average Bonchev–Trinajstić information content (AvgIpc) is 2.83. The molecule has 1 aliphatic heterocycles. The Labute approximate surface area is 213 Å². The van der Waals surface area contributed by atoms with Crippen molar-refractivity contribution < 1.29 is 19.6 Å². The van der Waals surface area contributed by atoms with E-state index in [2.05, 4.69) is 43.4 Å². The predicted molar refractivity (Wildman–Crippen MR) is 141 cm³/mol. The highest BCUT2D eigenvalue weighted by atomic mass is 17.2. The molecular formula is C30H49NO4. The van der Waals surface area contributed by atoms with Gasteiger partial charge in [-0.05, 0) is 133 Å². The van der Waals surface area contributed by atoms with E-state index in [1.165, 1.54) is 37.7 Å². The van der Waals surface area contributed by atoms with Gasteiger partial charge in [-0.3, -0.25) is 0 Å². The molecule has 2 saturated carbocycles. The first-order valence-electron chi connectivity index (χ1n) is 14.2. The monoisotopic (exact) mass is 487 g/mol. The Hall–Kier alpha value is -1.14. The first-order chi connectivity index (χ1) is 16.7. The maximum atomic E-state index is 9.76. The molecule has 35 heavy (non-hydrogen) atoms. The first kappa shape index (κ1) is 26.9. The van der Waals surface area contributed by atoms with E-state index in [9.17, 15) is 5.11 Å². The van der Waals surface area contributed by atoms with Crippen LogP contribution in [0.1, 0.15) is 103 Å². The summed E-state index contributed by atoms with van der Waals surface area (Å²) in [4.78, 5) is 12.4. The van der Waals surface area contributed by atoms with Crippen LogP contribution in [0.2, 0.25) is 0 Å². The van der Waals surface area contributed by atoms with Gasteiger partial charge in [-0.15, -0.1) is 0 Å². The minimum Gasteiger partial charge on any atom is -0.494 e.